The zero-order valence-corrected chi connectivity index (χ0v) is 16.1. The predicted molar refractivity (Wildman–Crippen MR) is 102 cm³/mol. The van der Waals surface area contributed by atoms with Crippen LogP contribution in [0.25, 0.3) is 0 Å². The number of aliphatic hydroxyl groups is 1. The normalized spacial score (nSPS) is 18.6. The summed E-state index contributed by atoms with van der Waals surface area (Å²) >= 11 is 0. The monoisotopic (exact) mass is 416 g/mol. The molecule has 0 radical (unpaired) electrons. The molecule has 10 heteroatoms. The van der Waals surface area contributed by atoms with E-state index in [2.05, 4.69) is 16.0 Å². The number of carbonyl (C=O) groups excluding carboxylic acids is 1. The van der Waals surface area contributed by atoms with Crippen LogP contribution in [0.15, 0.2) is 29.3 Å². The summed E-state index contributed by atoms with van der Waals surface area (Å²) in [6.07, 6.45) is 5.57. The van der Waals surface area contributed by atoms with E-state index in [9.17, 15) is 22.7 Å². The number of rotatable bonds is 3. The molecule has 29 heavy (non-hydrogen) atoms. The van der Waals surface area contributed by atoms with Crippen molar-refractivity contribution in [2.45, 2.75) is 29.9 Å². The largest absolute Gasteiger partial charge is 0.379 e. The Morgan fingerprint density at radius 3 is 2.90 bits per heavy atom. The number of aromatic nitrogens is 1. The molecule has 2 atom stereocenters. The van der Waals surface area contributed by atoms with Crippen LogP contribution < -0.4 is 10.0 Å². The number of fused-ring (bicyclic) bond motifs is 1. The van der Waals surface area contributed by atoms with Crippen LogP contribution >= 0.6 is 0 Å². The molecule has 1 aliphatic rings. The average Bonchev–Trinajstić information content (AvgIpc) is 2.96. The summed E-state index contributed by atoms with van der Waals surface area (Å²) in [5.41, 5.74) is 0.348. The molecule has 2 heterocycles. The van der Waals surface area contributed by atoms with Gasteiger partial charge in [0.05, 0.1) is 11.6 Å². The molecule has 0 fully saturated rings. The van der Waals surface area contributed by atoms with Crippen molar-refractivity contribution in [1.29, 1.82) is 5.26 Å². The van der Waals surface area contributed by atoms with Crippen molar-refractivity contribution in [2.75, 3.05) is 5.32 Å². The molecule has 0 bridgehead atoms. The number of aryl methyl sites for hydroxylation is 1. The lowest BCUT2D eigenvalue weighted by atomic mass is 10.0. The highest BCUT2D eigenvalue weighted by atomic mass is 32.2. The molecule has 3 N–H and O–H groups in total. The summed E-state index contributed by atoms with van der Waals surface area (Å²) in [4.78, 5) is 12.8. The molecule has 1 amide bonds. The number of carbonyl (C=O) groups is 1. The highest BCUT2D eigenvalue weighted by Crippen LogP contribution is 2.28. The van der Waals surface area contributed by atoms with Gasteiger partial charge in [-0.2, -0.15) is 5.26 Å². The van der Waals surface area contributed by atoms with E-state index in [1.807, 2.05) is 0 Å². The van der Waals surface area contributed by atoms with Gasteiger partial charge in [-0.15, -0.1) is 6.42 Å². The van der Waals surface area contributed by atoms with E-state index < -0.39 is 33.9 Å². The summed E-state index contributed by atoms with van der Waals surface area (Å²) in [7, 11) is -2.48. The number of nitrogens with one attached hydrogen (secondary N) is 2. The third-order valence-corrected chi connectivity index (χ3v) is 6.20. The van der Waals surface area contributed by atoms with Crippen LogP contribution in [0.5, 0.6) is 0 Å². The molecule has 0 saturated carbocycles. The fraction of sp³-hybridized carbons (Fsp3) is 0.263. The van der Waals surface area contributed by atoms with Crippen molar-refractivity contribution in [1.82, 2.24) is 9.29 Å². The van der Waals surface area contributed by atoms with Gasteiger partial charge in [-0.05, 0) is 31.0 Å². The Balaban J connectivity index is 1.97. The zero-order chi connectivity index (χ0) is 21.3. The van der Waals surface area contributed by atoms with Crippen molar-refractivity contribution >= 4 is 21.6 Å². The van der Waals surface area contributed by atoms with E-state index in [1.165, 1.54) is 29.9 Å². The van der Waals surface area contributed by atoms with Crippen molar-refractivity contribution in [2.24, 2.45) is 7.05 Å². The summed E-state index contributed by atoms with van der Waals surface area (Å²) in [5, 5.41) is 21.3. The number of amides is 1. The van der Waals surface area contributed by atoms with Crippen molar-refractivity contribution in [3.8, 4) is 18.4 Å². The van der Waals surface area contributed by atoms with E-state index >= 15 is 0 Å². The molecule has 1 aromatic carbocycles. The Kier molecular flexibility index (Phi) is 5.44. The van der Waals surface area contributed by atoms with Crippen LogP contribution in [0, 0.1) is 29.5 Å². The van der Waals surface area contributed by atoms with E-state index in [4.69, 9.17) is 11.7 Å². The lowest BCUT2D eigenvalue weighted by Gasteiger charge is -2.17. The van der Waals surface area contributed by atoms with Crippen molar-refractivity contribution < 1.29 is 22.7 Å². The molecule has 0 spiro atoms. The lowest BCUT2D eigenvalue weighted by Crippen LogP contribution is -2.41. The van der Waals surface area contributed by atoms with Gasteiger partial charge < -0.3 is 15.0 Å². The first kappa shape index (κ1) is 20.6. The van der Waals surface area contributed by atoms with Crippen LogP contribution in [0.4, 0.5) is 10.1 Å². The van der Waals surface area contributed by atoms with Crippen LogP contribution in [0.3, 0.4) is 0 Å². The number of nitriles is 1. The third kappa shape index (κ3) is 3.87. The molecule has 2 aromatic rings. The fourth-order valence-corrected chi connectivity index (χ4v) is 4.85. The first-order chi connectivity index (χ1) is 13.7. The number of sulfonamides is 1. The maximum absolute atomic E-state index is 13.5. The molecule has 1 aromatic heterocycles. The first-order valence-electron chi connectivity index (χ1n) is 8.53. The fourth-order valence-electron chi connectivity index (χ4n) is 3.26. The molecule has 0 aliphatic carbocycles. The van der Waals surface area contributed by atoms with Gasteiger partial charge in [-0.25, -0.2) is 17.5 Å². The van der Waals surface area contributed by atoms with Crippen LogP contribution in [-0.4, -0.2) is 36.1 Å². The molecule has 1 unspecified atom stereocenters. The summed E-state index contributed by atoms with van der Waals surface area (Å²) in [6.45, 7) is 0. The summed E-state index contributed by atoms with van der Waals surface area (Å²) < 4.78 is 42.6. The van der Waals surface area contributed by atoms with Crippen LogP contribution in [0.2, 0.25) is 0 Å². The lowest BCUT2D eigenvalue weighted by molar-refractivity contribution is 0.101. The minimum absolute atomic E-state index is 0.0753. The van der Waals surface area contributed by atoms with E-state index in [-0.39, 0.29) is 40.2 Å². The number of benzene rings is 1. The third-order valence-electron chi connectivity index (χ3n) is 4.66. The number of terminal acetylenes is 1. The standard InChI is InChI=1S/C19H17FN4O4S/c1-3-16(25)15-7-5-13-17(29(27,28)23-15)10-24(2)18(13)19(26)22-12-4-6-14(20)11(8-12)9-21/h1,4,6,8,10,15-16,23,25H,5,7H2,2H3,(H,22,26)/t15?,16-/m1/s1. The van der Waals surface area contributed by atoms with Crippen molar-refractivity contribution in [3.05, 3.63) is 47.0 Å². The van der Waals surface area contributed by atoms with Crippen molar-refractivity contribution in [3.63, 3.8) is 0 Å². The van der Waals surface area contributed by atoms with Crippen LogP contribution in [0.1, 0.15) is 28.0 Å². The highest BCUT2D eigenvalue weighted by Gasteiger charge is 2.34. The summed E-state index contributed by atoms with van der Waals surface area (Å²) in [6, 6.07) is 4.35. The van der Waals surface area contributed by atoms with Gasteiger partial charge in [0.2, 0.25) is 10.0 Å². The Labute approximate surface area is 167 Å². The number of nitrogens with zero attached hydrogens (tertiary/aromatic N) is 2. The number of hydrogen-bond acceptors (Lipinski definition) is 5. The van der Waals surface area contributed by atoms with Gasteiger partial charge in [0.1, 0.15) is 28.6 Å². The van der Waals surface area contributed by atoms with Gasteiger partial charge in [-0.3, -0.25) is 4.79 Å². The smallest absolute Gasteiger partial charge is 0.272 e. The maximum atomic E-state index is 13.5. The highest BCUT2D eigenvalue weighted by molar-refractivity contribution is 7.89. The number of halogens is 1. The molecule has 1 aliphatic heterocycles. The Hall–Kier alpha value is -3.18. The number of aliphatic hydroxyl groups excluding tert-OH is 1. The second kappa shape index (κ2) is 7.68. The molecular weight excluding hydrogens is 399 g/mol. The quantitative estimate of drug-likeness (QED) is 0.641. The number of anilines is 1. The molecule has 0 saturated heterocycles. The Morgan fingerprint density at radius 1 is 1.52 bits per heavy atom. The van der Waals surface area contributed by atoms with Gasteiger partial charge >= 0.3 is 0 Å². The van der Waals surface area contributed by atoms with Gasteiger partial charge in [0, 0.05) is 24.5 Å². The van der Waals surface area contributed by atoms with Gasteiger partial charge in [-0.1, -0.05) is 5.92 Å². The molecule has 3 rings (SSSR count). The minimum Gasteiger partial charge on any atom is -0.379 e. The zero-order valence-electron chi connectivity index (χ0n) is 15.3. The van der Waals surface area contributed by atoms with E-state index in [0.29, 0.717) is 0 Å². The molecule has 150 valence electrons. The topological polar surface area (TPSA) is 124 Å². The summed E-state index contributed by atoms with van der Waals surface area (Å²) in [5.74, 6) is 0.773. The van der Waals surface area contributed by atoms with Gasteiger partial charge in [0.15, 0.2) is 0 Å². The van der Waals surface area contributed by atoms with Crippen LogP contribution in [-0.2, 0) is 23.5 Å². The second-order valence-electron chi connectivity index (χ2n) is 6.57. The van der Waals surface area contributed by atoms with Gasteiger partial charge in [0.25, 0.3) is 5.91 Å². The minimum atomic E-state index is -4.01. The SMILES string of the molecule is C#C[C@@H](O)C1CCc2c(cn(C)c2C(=O)Nc2ccc(F)c(C#N)c2)S(=O)(=O)N1. The Bertz CT molecular complexity index is 1170. The van der Waals surface area contributed by atoms with E-state index in [1.54, 1.807) is 6.07 Å². The molecule has 8 nitrogen and oxygen atoms in total. The number of hydrogen-bond donors (Lipinski definition) is 3. The maximum Gasteiger partial charge on any atom is 0.272 e. The first-order valence-corrected chi connectivity index (χ1v) is 10.0. The van der Waals surface area contributed by atoms with E-state index in [0.717, 1.165) is 6.07 Å². The molecular formula is C19H17FN4O4S. The average molecular weight is 416 g/mol. The predicted octanol–water partition coefficient (Wildman–Crippen LogP) is 0.875. The second-order valence-corrected chi connectivity index (χ2v) is 8.25. The Morgan fingerprint density at radius 2 is 2.24 bits per heavy atom.